The van der Waals surface area contributed by atoms with E-state index in [2.05, 4.69) is 15.1 Å². The molecule has 3 heterocycles. The number of aromatic nitrogens is 4. The molecular weight excluding hydrogens is 357 g/mol. The Balaban J connectivity index is 1.66. The number of piperidine rings is 1. The third-order valence-corrected chi connectivity index (χ3v) is 6.59. The first-order chi connectivity index (χ1) is 12.5. The molecule has 1 aliphatic heterocycles. The molecule has 0 amide bonds. The molecule has 1 aliphatic rings. The second-order valence-corrected chi connectivity index (χ2v) is 8.33. The topological polar surface area (TPSA) is 81.0 Å². The van der Waals surface area contributed by atoms with Gasteiger partial charge in [0.05, 0.1) is 10.6 Å². The number of nitrogens with zero attached hydrogens (tertiary/aromatic N) is 5. The van der Waals surface area contributed by atoms with Gasteiger partial charge in [0.2, 0.25) is 10.0 Å². The molecule has 1 fully saturated rings. The number of hydrogen-bond acceptors (Lipinski definition) is 5. The van der Waals surface area contributed by atoms with Gasteiger partial charge in [0.25, 0.3) is 0 Å². The van der Waals surface area contributed by atoms with E-state index in [1.54, 1.807) is 24.1 Å². The molecule has 0 N–H and O–H groups in total. The van der Waals surface area contributed by atoms with Crippen LogP contribution in [0.5, 0.6) is 0 Å². The summed E-state index contributed by atoms with van der Waals surface area (Å²) in [7, 11) is -1.87. The van der Waals surface area contributed by atoms with E-state index < -0.39 is 15.8 Å². The summed E-state index contributed by atoms with van der Waals surface area (Å²) in [6.45, 7) is 0.759. The summed E-state index contributed by atoms with van der Waals surface area (Å²) < 4.78 is 42.0. The van der Waals surface area contributed by atoms with Crippen LogP contribution in [0.3, 0.4) is 0 Å². The lowest BCUT2D eigenvalue weighted by molar-refractivity contribution is 0.312. The van der Waals surface area contributed by atoms with E-state index in [1.807, 2.05) is 0 Å². The summed E-state index contributed by atoms with van der Waals surface area (Å²) in [5.74, 6) is -0.515. The number of aryl methyl sites for hydroxylation is 1. The molecule has 0 bridgehead atoms. The third kappa shape index (κ3) is 2.86. The number of sulfonamides is 1. The lowest BCUT2D eigenvalue weighted by Gasteiger charge is -2.31. The highest BCUT2D eigenvalue weighted by molar-refractivity contribution is 7.89. The van der Waals surface area contributed by atoms with Crippen molar-refractivity contribution in [1.29, 1.82) is 0 Å². The van der Waals surface area contributed by atoms with E-state index in [-0.39, 0.29) is 10.8 Å². The Morgan fingerprint density at radius 1 is 1.15 bits per heavy atom. The first kappa shape index (κ1) is 17.0. The Morgan fingerprint density at radius 3 is 2.65 bits per heavy atom. The summed E-state index contributed by atoms with van der Waals surface area (Å²) in [6.07, 6.45) is 4.78. The molecule has 0 spiro atoms. The zero-order valence-electron chi connectivity index (χ0n) is 14.2. The van der Waals surface area contributed by atoms with Crippen LogP contribution in [-0.4, -0.2) is 45.6 Å². The molecular formula is C17H18FN5O2S. The lowest BCUT2D eigenvalue weighted by Crippen LogP contribution is -2.39. The van der Waals surface area contributed by atoms with Crippen molar-refractivity contribution in [2.45, 2.75) is 23.7 Å². The van der Waals surface area contributed by atoms with Gasteiger partial charge in [0.1, 0.15) is 11.3 Å². The second kappa shape index (κ2) is 6.40. The average molecular weight is 375 g/mol. The largest absolute Gasteiger partial charge is 0.249 e. The third-order valence-electron chi connectivity index (χ3n) is 4.71. The van der Waals surface area contributed by atoms with Crippen molar-refractivity contribution < 1.29 is 12.8 Å². The van der Waals surface area contributed by atoms with Crippen LogP contribution in [-0.2, 0) is 17.1 Å². The highest BCUT2D eigenvalue weighted by atomic mass is 32.2. The van der Waals surface area contributed by atoms with Crippen molar-refractivity contribution in [3.05, 3.63) is 48.2 Å². The van der Waals surface area contributed by atoms with Gasteiger partial charge in [-0.05, 0) is 37.1 Å². The second-order valence-electron chi connectivity index (χ2n) is 6.39. The van der Waals surface area contributed by atoms with E-state index in [1.165, 1.54) is 16.4 Å². The van der Waals surface area contributed by atoms with Crippen LogP contribution in [0.4, 0.5) is 4.39 Å². The fourth-order valence-corrected chi connectivity index (χ4v) is 4.94. The maximum Gasteiger partial charge on any atom is 0.243 e. The van der Waals surface area contributed by atoms with Gasteiger partial charge in [-0.15, -0.1) is 0 Å². The predicted molar refractivity (Wildman–Crippen MR) is 93.4 cm³/mol. The quantitative estimate of drug-likeness (QED) is 0.700. The van der Waals surface area contributed by atoms with Gasteiger partial charge in [-0.25, -0.2) is 27.5 Å². The van der Waals surface area contributed by atoms with Crippen molar-refractivity contribution in [2.75, 3.05) is 13.1 Å². The minimum atomic E-state index is -3.67. The molecule has 7 nitrogen and oxygen atoms in total. The van der Waals surface area contributed by atoms with Crippen LogP contribution < -0.4 is 0 Å². The van der Waals surface area contributed by atoms with Crippen molar-refractivity contribution in [3.8, 4) is 0 Å². The molecule has 1 atom stereocenters. The molecule has 3 aromatic rings. The molecule has 0 radical (unpaired) electrons. The number of rotatable bonds is 3. The summed E-state index contributed by atoms with van der Waals surface area (Å²) in [6, 6.07) is 4.93. The zero-order valence-corrected chi connectivity index (χ0v) is 15.0. The molecule has 2 aromatic heterocycles. The van der Waals surface area contributed by atoms with Gasteiger partial charge < -0.3 is 0 Å². The van der Waals surface area contributed by atoms with Gasteiger partial charge in [0.15, 0.2) is 5.65 Å². The highest BCUT2D eigenvalue weighted by Gasteiger charge is 2.33. The maximum absolute atomic E-state index is 13.1. The van der Waals surface area contributed by atoms with Crippen LogP contribution in [0.1, 0.15) is 24.5 Å². The van der Waals surface area contributed by atoms with Crippen LogP contribution >= 0.6 is 0 Å². The van der Waals surface area contributed by atoms with Gasteiger partial charge >= 0.3 is 0 Å². The predicted octanol–water partition coefficient (Wildman–Crippen LogP) is 2.07. The van der Waals surface area contributed by atoms with Crippen LogP contribution in [0.25, 0.3) is 11.2 Å². The number of benzene rings is 1. The van der Waals surface area contributed by atoms with E-state index >= 15 is 0 Å². The van der Waals surface area contributed by atoms with Crippen molar-refractivity contribution in [1.82, 2.24) is 24.1 Å². The zero-order chi connectivity index (χ0) is 18.3. The summed E-state index contributed by atoms with van der Waals surface area (Å²) in [5, 5.41) is 4.53. The molecule has 26 heavy (non-hydrogen) atoms. The minimum absolute atomic E-state index is 0.0561. The normalized spacial score (nSPS) is 19.1. The Morgan fingerprint density at radius 2 is 1.88 bits per heavy atom. The van der Waals surface area contributed by atoms with Gasteiger partial charge in [0, 0.05) is 38.4 Å². The lowest BCUT2D eigenvalue weighted by atomic mass is 9.96. The monoisotopic (exact) mass is 375 g/mol. The SMILES string of the molecule is Cn1nc([C@H]2CCCN(S(=O)(=O)c3ccc(F)cc3)C2)c2nccnc21. The molecule has 136 valence electrons. The summed E-state index contributed by atoms with van der Waals surface area (Å²) in [4.78, 5) is 8.77. The first-order valence-corrected chi connectivity index (χ1v) is 9.80. The van der Waals surface area contributed by atoms with E-state index in [0.717, 1.165) is 30.7 Å². The Hall–Kier alpha value is -2.39. The number of hydrogen-bond donors (Lipinski definition) is 0. The molecule has 0 unspecified atom stereocenters. The average Bonchev–Trinajstić information content (AvgIpc) is 2.99. The molecule has 0 aliphatic carbocycles. The van der Waals surface area contributed by atoms with Gasteiger partial charge in [-0.1, -0.05) is 0 Å². The Bertz CT molecular complexity index is 1050. The van der Waals surface area contributed by atoms with E-state index in [4.69, 9.17) is 0 Å². The molecule has 1 saturated heterocycles. The molecule has 9 heteroatoms. The van der Waals surface area contributed by atoms with Crippen molar-refractivity contribution in [2.24, 2.45) is 7.05 Å². The minimum Gasteiger partial charge on any atom is -0.249 e. The van der Waals surface area contributed by atoms with Crippen LogP contribution in [0.15, 0.2) is 41.6 Å². The maximum atomic E-state index is 13.1. The standard InChI is InChI=1S/C17H18FN5O2S/c1-22-17-16(19-8-9-20-17)15(21-22)12-3-2-10-23(11-12)26(24,25)14-6-4-13(18)5-7-14/h4-9,12H,2-3,10-11H2,1H3/t12-/m0/s1. The smallest absolute Gasteiger partial charge is 0.243 e. The molecule has 0 saturated carbocycles. The van der Waals surface area contributed by atoms with Crippen LogP contribution in [0, 0.1) is 5.82 Å². The first-order valence-electron chi connectivity index (χ1n) is 8.36. The molecule has 1 aromatic carbocycles. The summed E-state index contributed by atoms with van der Waals surface area (Å²) >= 11 is 0. The number of halogens is 1. The highest BCUT2D eigenvalue weighted by Crippen LogP contribution is 2.32. The van der Waals surface area contributed by atoms with Gasteiger partial charge in [-0.2, -0.15) is 9.40 Å². The number of fused-ring (bicyclic) bond motifs is 1. The fraction of sp³-hybridized carbons (Fsp3) is 0.353. The fourth-order valence-electron chi connectivity index (χ4n) is 3.42. The van der Waals surface area contributed by atoms with Gasteiger partial charge in [-0.3, -0.25) is 0 Å². The Labute approximate surface area is 150 Å². The van der Waals surface area contributed by atoms with Crippen molar-refractivity contribution in [3.63, 3.8) is 0 Å². The Kier molecular flexibility index (Phi) is 4.20. The van der Waals surface area contributed by atoms with E-state index in [9.17, 15) is 12.8 Å². The van der Waals surface area contributed by atoms with Crippen LogP contribution in [0.2, 0.25) is 0 Å². The van der Waals surface area contributed by atoms with Crippen molar-refractivity contribution >= 4 is 21.2 Å². The molecule has 4 rings (SSSR count). The van der Waals surface area contributed by atoms with E-state index in [0.29, 0.717) is 24.3 Å². The summed E-state index contributed by atoms with van der Waals surface area (Å²) in [5.41, 5.74) is 2.16.